The standard InChI is InChI=1S/C7H10N2S/c1-6(2)9-4-5-10-7(9)8-3/h4-5H,1H2,2-3H3. The first-order chi connectivity index (χ1) is 4.75. The monoisotopic (exact) mass is 154 g/mol. The summed E-state index contributed by atoms with van der Waals surface area (Å²) in [7, 11) is 1.78. The van der Waals surface area contributed by atoms with Gasteiger partial charge in [-0.1, -0.05) is 6.58 Å². The zero-order chi connectivity index (χ0) is 7.56. The molecule has 0 saturated carbocycles. The van der Waals surface area contributed by atoms with E-state index in [2.05, 4.69) is 11.6 Å². The lowest BCUT2D eigenvalue weighted by molar-refractivity contribution is 1.01. The molecule has 1 aromatic rings. The maximum Gasteiger partial charge on any atom is 0.188 e. The third-order valence-corrected chi connectivity index (χ3v) is 2.04. The van der Waals surface area contributed by atoms with Crippen molar-refractivity contribution in [3.8, 4) is 0 Å². The molecule has 0 aliphatic rings. The minimum absolute atomic E-state index is 0.993. The third kappa shape index (κ3) is 1.19. The van der Waals surface area contributed by atoms with Gasteiger partial charge in [0.05, 0.1) is 0 Å². The molecule has 0 bridgehead atoms. The molecule has 0 aromatic carbocycles. The van der Waals surface area contributed by atoms with Gasteiger partial charge in [0.1, 0.15) is 0 Å². The molecule has 1 heterocycles. The molecule has 1 rings (SSSR count). The smallest absolute Gasteiger partial charge is 0.188 e. The maximum absolute atomic E-state index is 4.07. The summed E-state index contributed by atoms with van der Waals surface area (Å²) in [5.41, 5.74) is 1.00. The molecule has 2 nitrogen and oxygen atoms in total. The van der Waals surface area contributed by atoms with Crippen LogP contribution in [0, 0.1) is 0 Å². The normalized spacial score (nSPS) is 12.0. The summed E-state index contributed by atoms with van der Waals surface area (Å²) < 4.78 is 1.96. The fourth-order valence-electron chi connectivity index (χ4n) is 0.724. The topological polar surface area (TPSA) is 17.3 Å². The number of nitrogens with zero attached hydrogens (tertiary/aromatic N) is 2. The molecule has 0 saturated heterocycles. The molecule has 54 valence electrons. The first kappa shape index (κ1) is 7.28. The summed E-state index contributed by atoms with van der Waals surface area (Å²) in [5, 5.41) is 2.00. The zero-order valence-electron chi connectivity index (χ0n) is 6.16. The fourth-order valence-corrected chi connectivity index (χ4v) is 1.46. The van der Waals surface area contributed by atoms with Crippen LogP contribution in [0.25, 0.3) is 5.70 Å². The van der Waals surface area contributed by atoms with Crippen molar-refractivity contribution in [2.24, 2.45) is 4.99 Å². The lowest BCUT2D eigenvalue weighted by Gasteiger charge is -1.96. The average Bonchev–Trinajstić information content (AvgIpc) is 2.33. The predicted octanol–water partition coefficient (Wildman–Crippen LogP) is 1.57. The number of hydrogen-bond donors (Lipinski definition) is 0. The van der Waals surface area contributed by atoms with Gasteiger partial charge in [0, 0.05) is 24.3 Å². The van der Waals surface area contributed by atoms with E-state index in [1.54, 1.807) is 18.4 Å². The van der Waals surface area contributed by atoms with Crippen LogP contribution in [0.15, 0.2) is 23.1 Å². The quantitative estimate of drug-likeness (QED) is 0.584. The minimum Gasteiger partial charge on any atom is -0.297 e. The van der Waals surface area contributed by atoms with Crippen LogP contribution in [0.5, 0.6) is 0 Å². The molecule has 1 aromatic heterocycles. The highest BCUT2D eigenvalue weighted by molar-refractivity contribution is 7.07. The molecule has 0 aliphatic carbocycles. The molecule has 0 aliphatic heterocycles. The van der Waals surface area contributed by atoms with E-state index < -0.39 is 0 Å². The van der Waals surface area contributed by atoms with Crippen LogP contribution < -0.4 is 4.80 Å². The van der Waals surface area contributed by atoms with Crippen molar-refractivity contribution in [2.75, 3.05) is 7.05 Å². The van der Waals surface area contributed by atoms with E-state index in [0.717, 1.165) is 10.5 Å². The van der Waals surface area contributed by atoms with Gasteiger partial charge < -0.3 is 0 Å². The largest absolute Gasteiger partial charge is 0.297 e. The van der Waals surface area contributed by atoms with Gasteiger partial charge in [-0.2, -0.15) is 0 Å². The Morgan fingerprint density at radius 3 is 2.90 bits per heavy atom. The predicted molar refractivity (Wildman–Crippen MR) is 44.8 cm³/mol. The third-order valence-electron chi connectivity index (χ3n) is 1.19. The summed E-state index contributed by atoms with van der Waals surface area (Å²) in [4.78, 5) is 5.07. The van der Waals surface area contributed by atoms with E-state index in [0.29, 0.717) is 0 Å². The summed E-state index contributed by atoms with van der Waals surface area (Å²) in [6.07, 6.45) is 1.97. The van der Waals surface area contributed by atoms with E-state index in [9.17, 15) is 0 Å². The fraction of sp³-hybridized carbons (Fsp3) is 0.286. The highest BCUT2D eigenvalue weighted by Gasteiger charge is 1.91. The average molecular weight is 154 g/mol. The number of thiazole rings is 1. The lowest BCUT2D eigenvalue weighted by atomic mass is 10.5. The molecule has 10 heavy (non-hydrogen) atoms. The van der Waals surface area contributed by atoms with Gasteiger partial charge in [0.2, 0.25) is 0 Å². The number of allylic oxidation sites excluding steroid dienone is 1. The van der Waals surface area contributed by atoms with Crippen LogP contribution in [-0.2, 0) is 0 Å². The number of hydrogen-bond acceptors (Lipinski definition) is 2. The molecule has 0 fully saturated rings. The maximum atomic E-state index is 4.07. The first-order valence-corrected chi connectivity index (χ1v) is 3.88. The van der Waals surface area contributed by atoms with Crippen LogP contribution in [-0.4, -0.2) is 11.6 Å². The van der Waals surface area contributed by atoms with Crippen molar-refractivity contribution in [2.45, 2.75) is 6.92 Å². The second-order valence-electron chi connectivity index (χ2n) is 2.01. The second-order valence-corrected chi connectivity index (χ2v) is 2.89. The Bertz CT molecular complexity index is 293. The van der Waals surface area contributed by atoms with Gasteiger partial charge in [0.25, 0.3) is 0 Å². The highest BCUT2D eigenvalue weighted by Crippen LogP contribution is 1.97. The number of aromatic nitrogens is 1. The van der Waals surface area contributed by atoms with Crippen molar-refractivity contribution in [3.63, 3.8) is 0 Å². The molecular weight excluding hydrogens is 144 g/mol. The Kier molecular flexibility index (Phi) is 2.06. The molecule has 0 atom stereocenters. The van der Waals surface area contributed by atoms with E-state index in [4.69, 9.17) is 0 Å². The van der Waals surface area contributed by atoms with Crippen LogP contribution in [0.2, 0.25) is 0 Å². The van der Waals surface area contributed by atoms with Crippen molar-refractivity contribution < 1.29 is 0 Å². The van der Waals surface area contributed by atoms with Gasteiger partial charge in [0.15, 0.2) is 4.80 Å². The Morgan fingerprint density at radius 2 is 2.50 bits per heavy atom. The van der Waals surface area contributed by atoms with Crippen LogP contribution in [0.3, 0.4) is 0 Å². The summed E-state index contributed by atoms with van der Waals surface area (Å²) >= 11 is 1.61. The number of rotatable bonds is 1. The molecule has 0 N–H and O–H groups in total. The Balaban J connectivity index is 3.28. The Labute approximate surface area is 64.2 Å². The summed E-state index contributed by atoms with van der Waals surface area (Å²) in [5.74, 6) is 0. The van der Waals surface area contributed by atoms with E-state index in [1.165, 1.54) is 0 Å². The van der Waals surface area contributed by atoms with Gasteiger partial charge in [-0.05, 0) is 6.92 Å². The van der Waals surface area contributed by atoms with E-state index in [-0.39, 0.29) is 0 Å². The van der Waals surface area contributed by atoms with Crippen molar-refractivity contribution >= 4 is 17.0 Å². The van der Waals surface area contributed by atoms with Gasteiger partial charge in [-0.25, -0.2) is 0 Å². The molecule has 3 heteroatoms. The van der Waals surface area contributed by atoms with Crippen LogP contribution >= 0.6 is 11.3 Å². The van der Waals surface area contributed by atoms with E-state index >= 15 is 0 Å². The lowest BCUT2D eigenvalue weighted by Crippen LogP contribution is -2.10. The van der Waals surface area contributed by atoms with Gasteiger partial charge in [-0.15, -0.1) is 11.3 Å². The van der Waals surface area contributed by atoms with Gasteiger partial charge >= 0.3 is 0 Å². The Hall–Kier alpha value is -0.830. The molecule has 0 radical (unpaired) electrons. The Morgan fingerprint density at radius 1 is 1.80 bits per heavy atom. The molecule has 0 unspecified atom stereocenters. The SMILES string of the molecule is C=C(C)n1ccsc1=NC. The van der Waals surface area contributed by atoms with Crippen LogP contribution in [0.4, 0.5) is 0 Å². The highest BCUT2D eigenvalue weighted by atomic mass is 32.1. The van der Waals surface area contributed by atoms with E-state index in [1.807, 2.05) is 23.1 Å². The van der Waals surface area contributed by atoms with Crippen molar-refractivity contribution in [3.05, 3.63) is 23.0 Å². The summed E-state index contributed by atoms with van der Waals surface area (Å²) in [6, 6.07) is 0. The first-order valence-electron chi connectivity index (χ1n) is 3.00. The van der Waals surface area contributed by atoms with Crippen LogP contribution in [0.1, 0.15) is 6.92 Å². The molecule has 0 spiro atoms. The molecule has 0 amide bonds. The van der Waals surface area contributed by atoms with Crippen molar-refractivity contribution in [1.82, 2.24) is 4.57 Å². The van der Waals surface area contributed by atoms with Crippen molar-refractivity contribution in [1.29, 1.82) is 0 Å². The van der Waals surface area contributed by atoms with Gasteiger partial charge in [-0.3, -0.25) is 9.56 Å². The molecular formula is C7H10N2S. The zero-order valence-corrected chi connectivity index (χ0v) is 6.98. The second kappa shape index (κ2) is 2.84. The minimum atomic E-state index is 0.993. The summed E-state index contributed by atoms with van der Waals surface area (Å²) in [6.45, 7) is 5.78.